The molecule has 0 amide bonds. The van der Waals surface area contributed by atoms with Crippen LogP contribution >= 0.6 is 0 Å². The summed E-state index contributed by atoms with van der Waals surface area (Å²) >= 11 is 0. The first-order valence-electron chi connectivity index (χ1n) is 3.12. The summed E-state index contributed by atoms with van der Waals surface area (Å²) in [5.74, 6) is 0. The Balaban J connectivity index is 2.93. The summed E-state index contributed by atoms with van der Waals surface area (Å²) in [5.41, 5.74) is 2.96. The SMILES string of the molecule is Cc1c[nH]c2nccnc12. The highest BCUT2D eigenvalue weighted by Crippen LogP contribution is 2.09. The molecule has 0 aliphatic rings. The van der Waals surface area contributed by atoms with Gasteiger partial charge in [0.1, 0.15) is 5.52 Å². The molecule has 2 heterocycles. The summed E-state index contributed by atoms with van der Waals surface area (Å²) in [7, 11) is 0. The van der Waals surface area contributed by atoms with E-state index < -0.39 is 0 Å². The Labute approximate surface area is 58.1 Å². The molecule has 0 radical (unpaired) electrons. The van der Waals surface area contributed by atoms with Gasteiger partial charge in [0.2, 0.25) is 0 Å². The summed E-state index contributed by atoms with van der Waals surface area (Å²) in [5, 5.41) is 0. The van der Waals surface area contributed by atoms with Crippen LogP contribution in [0.25, 0.3) is 11.2 Å². The standard InChI is InChI=1S/C7H7N3/c1-5-4-10-7-6(5)8-2-3-9-7/h2-4H,1H3,(H,9,10). The number of H-pyrrole nitrogens is 1. The number of hydrogen-bond acceptors (Lipinski definition) is 2. The van der Waals surface area contributed by atoms with Crippen molar-refractivity contribution in [2.75, 3.05) is 0 Å². The molecule has 10 heavy (non-hydrogen) atoms. The number of aryl methyl sites for hydroxylation is 1. The Morgan fingerprint density at radius 3 is 2.90 bits per heavy atom. The van der Waals surface area contributed by atoms with Crippen LogP contribution in [0.15, 0.2) is 18.6 Å². The van der Waals surface area contributed by atoms with Crippen LogP contribution in [0.1, 0.15) is 5.56 Å². The molecule has 0 bridgehead atoms. The largest absolute Gasteiger partial charge is 0.345 e. The van der Waals surface area contributed by atoms with E-state index in [0.717, 1.165) is 16.7 Å². The average Bonchev–Trinajstić information content (AvgIpc) is 2.34. The molecular formula is C7H7N3. The van der Waals surface area contributed by atoms with Crippen molar-refractivity contribution in [1.82, 2.24) is 15.0 Å². The molecule has 0 saturated carbocycles. The third-order valence-electron chi connectivity index (χ3n) is 1.50. The Bertz CT molecular complexity index is 350. The van der Waals surface area contributed by atoms with Crippen molar-refractivity contribution >= 4 is 11.2 Å². The maximum absolute atomic E-state index is 4.15. The molecule has 0 atom stereocenters. The van der Waals surface area contributed by atoms with Gasteiger partial charge in [0, 0.05) is 18.6 Å². The highest BCUT2D eigenvalue weighted by Gasteiger charge is 1.97. The fourth-order valence-electron chi connectivity index (χ4n) is 0.977. The zero-order valence-corrected chi connectivity index (χ0v) is 5.63. The first kappa shape index (κ1) is 5.41. The molecule has 50 valence electrons. The Morgan fingerprint density at radius 1 is 1.30 bits per heavy atom. The van der Waals surface area contributed by atoms with Crippen molar-refractivity contribution < 1.29 is 0 Å². The summed E-state index contributed by atoms with van der Waals surface area (Å²) < 4.78 is 0. The smallest absolute Gasteiger partial charge is 0.156 e. The molecule has 0 aliphatic heterocycles. The first-order chi connectivity index (χ1) is 4.88. The van der Waals surface area contributed by atoms with E-state index in [1.54, 1.807) is 12.4 Å². The molecule has 0 unspecified atom stereocenters. The summed E-state index contributed by atoms with van der Waals surface area (Å²) in [4.78, 5) is 11.2. The van der Waals surface area contributed by atoms with Crippen LogP contribution in [0.2, 0.25) is 0 Å². The summed E-state index contributed by atoms with van der Waals surface area (Å²) in [6.45, 7) is 2.01. The van der Waals surface area contributed by atoms with Crippen molar-refractivity contribution in [2.24, 2.45) is 0 Å². The number of hydrogen-bond donors (Lipinski definition) is 1. The molecule has 0 aliphatic carbocycles. The number of fused-ring (bicyclic) bond motifs is 1. The van der Waals surface area contributed by atoms with Crippen LogP contribution < -0.4 is 0 Å². The monoisotopic (exact) mass is 133 g/mol. The van der Waals surface area contributed by atoms with E-state index in [-0.39, 0.29) is 0 Å². The zero-order chi connectivity index (χ0) is 6.97. The fourth-order valence-corrected chi connectivity index (χ4v) is 0.977. The van der Waals surface area contributed by atoms with Gasteiger partial charge < -0.3 is 4.98 Å². The van der Waals surface area contributed by atoms with Crippen LogP contribution in [-0.2, 0) is 0 Å². The lowest BCUT2D eigenvalue weighted by Crippen LogP contribution is -1.77. The van der Waals surface area contributed by atoms with E-state index in [2.05, 4.69) is 15.0 Å². The molecule has 2 aromatic heterocycles. The molecule has 2 aromatic rings. The Kier molecular flexibility index (Phi) is 0.974. The van der Waals surface area contributed by atoms with Gasteiger partial charge in [0.05, 0.1) is 0 Å². The predicted molar refractivity (Wildman–Crippen MR) is 38.6 cm³/mol. The van der Waals surface area contributed by atoms with E-state index in [4.69, 9.17) is 0 Å². The molecule has 0 spiro atoms. The second kappa shape index (κ2) is 1.80. The van der Waals surface area contributed by atoms with E-state index in [9.17, 15) is 0 Å². The van der Waals surface area contributed by atoms with Gasteiger partial charge in [-0.1, -0.05) is 0 Å². The van der Waals surface area contributed by atoms with Crippen LogP contribution in [0, 0.1) is 6.92 Å². The Morgan fingerprint density at radius 2 is 2.10 bits per heavy atom. The van der Waals surface area contributed by atoms with E-state index in [0.29, 0.717) is 0 Å². The third-order valence-corrected chi connectivity index (χ3v) is 1.50. The van der Waals surface area contributed by atoms with E-state index >= 15 is 0 Å². The van der Waals surface area contributed by atoms with Crippen molar-refractivity contribution in [3.05, 3.63) is 24.2 Å². The molecule has 3 nitrogen and oxygen atoms in total. The van der Waals surface area contributed by atoms with Crippen LogP contribution in [0.3, 0.4) is 0 Å². The molecule has 0 aromatic carbocycles. The van der Waals surface area contributed by atoms with Gasteiger partial charge in [0.25, 0.3) is 0 Å². The lowest BCUT2D eigenvalue weighted by molar-refractivity contribution is 1.26. The van der Waals surface area contributed by atoms with E-state index in [1.165, 1.54) is 0 Å². The van der Waals surface area contributed by atoms with Crippen LogP contribution in [0.4, 0.5) is 0 Å². The summed E-state index contributed by atoms with van der Waals surface area (Å²) in [6, 6.07) is 0. The number of aromatic amines is 1. The number of nitrogens with zero attached hydrogens (tertiary/aromatic N) is 2. The normalized spacial score (nSPS) is 10.5. The fraction of sp³-hybridized carbons (Fsp3) is 0.143. The molecule has 3 heteroatoms. The maximum Gasteiger partial charge on any atom is 0.156 e. The minimum absolute atomic E-state index is 0.861. The minimum Gasteiger partial charge on any atom is -0.345 e. The van der Waals surface area contributed by atoms with Crippen LogP contribution in [-0.4, -0.2) is 15.0 Å². The molecule has 1 N–H and O–H groups in total. The zero-order valence-electron chi connectivity index (χ0n) is 5.63. The second-order valence-corrected chi connectivity index (χ2v) is 2.23. The van der Waals surface area contributed by atoms with Gasteiger partial charge in [0.15, 0.2) is 5.65 Å². The van der Waals surface area contributed by atoms with Crippen LogP contribution in [0.5, 0.6) is 0 Å². The molecular weight excluding hydrogens is 126 g/mol. The minimum atomic E-state index is 0.861. The van der Waals surface area contributed by atoms with Gasteiger partial charge in [-0.05, 0) is 12.5 Å². The van der Waals surface area contributed by atoms with Crippen molar-refractivity contribution in [1.29, 1.82) is 0 Å². The third kappa shape index (κ3) is 0.603. The van der Waals surface area contributed by atoms with Gasteiger partial charge in [-0.3, -0.25) is 4.98 Å². The topological polar surface area (TPSA) is 41.6 Å². The predicted octanol–water partition coefficient (Wildman–Crippen LogP) is 1.27. The van der Waals surface area contributed by atoms with Crippen molar-refractivity contribution in [3.63, 3.8) is 0 Å². The Hall–Kier alpha value is -1.38. The molecule has 0 fully saturated rings. The molecule has 0 saturated heterocycles. The molecule has 2 rings (SSSR count). The van der Waals surface area contributed by atoms with Crippen molar-refractivity contribution in [2.45, 2.75) is 6.92 Å². The van der Waals surface area contributed by atoms with E-state index in [1.807, 2.05) is 13.1 Å². The first-order valence-corrected chi connectivity index (χ1v) is 3.12. The number of rotatable bonds is 0. The quantitative estimate of drug-likeness (QED) is 0.588. The summed E-state index contributed by atoms with van der Waals surface area (Å²) in [6.07, 6.45) is 5.28. The lowest BCUT2D eigenvalue weighted by Gasteiger charge is -1.85. The van der Waals surface area contributed by atoms with Gasteiger partial charge in [-0.25, -0.2) is 4.98 Å². The van der Waals surface area contributed by atoms with Gasteiger partial charge in [-0.15, -0.1) is 0 Å². The number of aromatic nitrogens is 3. The highest BCUT2D eigenvalue weighted by atomic mass is 14.9. The van der Waals surface area contributed by atoms with Gasteiger partial charge >= 0.3 is 0 Å². The maximum atomic E-state index is 4.15. The lowest BCUT2D eigenvalue weighted by atomic mass is 10.3. The van der Waals surface area contributed by atoms with Crippen molar-refractivity contribution in [3.8, 4) is 0 Å². The highest BCUT2D eigenvalue weighted by molar-refractivity contribution is 5.73. The second-order valence-electron chi connectivity index (χ2n) is 2.23. The number of nitrogens with one attached hydrogen (secondary N) is 1. The van der Waals surface area contributed by atoms with Gasteiger partial charge in [-0.2, -0.15) is 0 Å². The average molecular weight is 133 g/mol.